The molecule has 0 radical (unpaired) electrons. The maximum Gasteiger partial charge on any atom is 0.340 e. The van der Waals surface area contributed by atoms with Gasteiger partial charge in [-0.2, -0.15) is 0 Å². The quantitative estimate of drug-likeness (QED) is 0.636. The minimum Gasteiger partial charge on any atom is -0.462 e. The maximum atomic E-state index is 13.3. The van der Waals surface area contributed by atoms with E-state index in [1.54, 1.807) is 31.2 Å². The Balaban J connectivity index is 1.71. The van der Waals surface area contributed by atoms with Gasteiger partial charge in [-0.15, -0.1) is 0 Å². The Hall–Kier alpha value is -3.52. The van der Waals surface area contributed by atoms with Gasteiger partial charge in [-0.1, -0.05) is 24.3 Å². The number of likely N-dealkylation sites (N-methyl/N-ethyl adjacent to an activating group) is 1. The van der Waals surface area contributed by atoms with Crippen LogP contribution < -0.4 is 10.2 Å². The molecule has 0 bridgehead atoms. The van der Waals surface area contributed by atoms with Gasteiger partial charge in [0, 0.05) is 26.2 Å². The van der Waals surface area contributed by atoms with Crippen molar-refractivity contribution < 1.29 is 14.3 Å². The van der Waals surface area contributed by atoms with E-state index >= 15 is 0 Å². The Morgan fingerprint density at radius 3 is 2.32 bits per heavy atom. The van der Waals surface area contributed by atoms with Crippen molar-refractivity contribution in [3.63, 3.8) is 0 Å². The molecule has 31 heavy (non-hydrogen) atoms. The van der Waals surface area contributed by atoms with Crippen LogP contribution in [0.2, 0.25) is 0 Å². The largest absolute Gasteiger partial charge is 0.462 e. The molecule has 0 aliphatic carbocycles. The van der Waals surface area contributed by atoms with Crippen LogP contribution in [0, 0.1) is 0 Å². The number of carbonyl (C=O) groups is 2. The molecule has 8 heteroatoms. The lowest BCUT2D eigenvalue weighted by atomic mass is 10.1. The molecule has 0 spiro atoms. The van der Waals surface area contributed by atoms with Gasteiger partial charge in [0.15, 0.2) is 11.5 Å². The number of esters is 1. The van der Waals surface area contributed by atoms with Crippen molar-refractivity contribution in [2.75, 3.05) is 50.1 Å². The summed E-state index contributed by atoms with van der Waals surface area (Å²) in [4.78, 5) is 39.3. The summed E-state index contributed by atoms with van der Waals surface area (Å²) in [6.07, 6.45) is 0. The number of aromatic nitrogens is 2. The molecule has 1 amide bonds. The molecule has 2 heterocycles. The van der Waals surface area contributed by atoms with Gasteiger partial charge in [-0.05, 0) is 38.2 Å². The van der Waals surface area contributed by atoms with E-state index in [4.69, 9.17) is 9.72 Å². The number of nitrogens with zero attached hydrogens (tertiary/aromatic N) is 4. The molecule has 1 aromatic heterocycles. The average Bonchev–Trinajstić information content (AvgIpc) is 2.79. The summed E-state index contributed by atoms with van der Waals surface area (Å²) >= 11 is 0. The van der Waals surface area contributed by atoms with Gasteiger partial charge in [0.1, 0.15) is 0 Å². The number of ether oxygens (including phenoxy) is 1. The van der Waals surface area contributed by atoms with Crippen molar-refractivity contribution >= 4 is 34.4 Å². The third-order valence-electron chi connectivity index (χ3n) is 5.24. The number of carbonyl (C=O) groups excluding carboxylic acids is 2. The van der Waals surface area contributed by atoms with E-state index in [2.05, 4.69) is 27.1 Å². The monoisotopic (exact) mass is 419 g/mol. The zero-order valence-electron chi connectivity index (χ0n) is 17.7. The number of hydrogen-bond acceptors (Lipinski definition) is 7. The minimum absolute atomic E-state index is 0.238. The lowest BCUT2D eigenvalue weighted by molar-refractivity contribution is 0.0527. The van der Waals surface area contributed by atoms with Crippen LogP contribution in [0.5, 0.6) is 0 Å². The fourth-order valence-electron chi connectivity index (χ4n) is 3.54. The normalized spacial score (nSPS) is 14.5. The molecule has 2 aromatic carbocycles. The van der Waals surface area contributed by atoms with E-state index in [0.29, 0.717) is 22.6 Å². The molecule has 0 saturated carbocycles. The van der Waals surface area contributed by atoms with Crippen LogP contribution in [0.3, 0.4) is 0 Å². The first kappa shape index (κ1) is 20.7. The summed E-state index contributed by atoms with van der Waals surface area (Å²) in [5.74, 6) is -0.343. The highest BCUT2D eigenvalue weighted by atomic mass is 16.5. The first-order valence-electron chi connectivity index (χ1n) is 10.3. The lowest BCUT2D eigenvalue weighted by Crippen LogP contribution is -2.45. The number of rotatable bonds is 5. The van der Waals surface area contributed by atoms with E-state index in [1.807, 2.05) is 24.3 Å². The third kappa shape index (κ3) is 4.49. The van der Waals surface area contributed by atoms with E-state index in [0.717, 1.165) is 31.7 Å². The number of anilines is 2. The summed E-state index contributed by atoms with van der Waals surface area (Å²) in [6.45, 7) is 5.26. The topological polar surface area (TPSA) is 87.7 Å². The molecule has 1 aliphatic heterocycles. The number of piperazine rings is 1. The van der Waals surface area contributed by atoms with Crippen LogP contribution in [0.15, 0.2) is 48.5 Å². The maximum absolute atomic E-state index is 13.3. The Labute approximate surface area is 180 Å². The van der Waals surface area contributed by atoms with E-state index in [-0.39, 0.29) is 12.3 Å². The first-order chi connectivity index (χ1) is 15.1. The van der Waals surface area contributed by atoms with Crippen LogP contribution in [0.25, 0.3) is 11.0 Å². The fourth-order valence-corrected chi connectivity index (χ4v) is 3.54. The molecule has 1 fully saturated rings. The number of fused-ring (bicyclic) bond motifs is 1. The van der Waals surface area contributed by atoms with Crippen molar-refractivity contribution in [1.29, 1.82) is 0 Å². The number of nitrogens with one attached hydrogen (secondary N) is 1. The van der Waals surface area contributed by atoms with Crippen LogP contribution in [-0.2, 0) is 4.74 Å². The van der Waals surface area contributed by atoms with Crippen LogP contribution in [0.1, 0.15) is 27.8 Å². The van der Waals surface area contributed by atoms with Crippen LogP contribution in [0.4, 0.5) is 11.5 Å². The average molecular weight is 419 g/mol. The molecule has 0 atom stereocenters. The highest BCUT2D eigenvalue weighted by Gasteiger charge is 2.25. The SMILES string of the molecule is CCOC(=O)c1ccccc1NC(=O)c1nc2ccccc2nc1N1CCN(C)CC1. The van der Waals surface area contributed by atoms with Gasteiger partial charge in [0.25, 0.3) is 5.91 Å². The lowest BCUT2D eigenvalue weighted by Gasteiger charge is -2.33. The molecule has 8 nitrogen and oxygen atoms in total. The van der Waals surface area contributed by atoms with Gasteiger partial charge >= 0.3 is 5.97 Å². The standard InChI is InChI=1S/C23H25N5O3/c1-3-31-23(30)16-8-4-5-9-17(16)26-22(29)20-21(28-14-12-27(2)13-15-28)25-19-11-7-6-10-18(19)24-20/h4-11H,3,12-15H2,1-2H3,(H,26,29). The van der Waals surface area contributed by atoms with E-state index in [1.165, 1.54) is 0 Å². The van der Waals surface area contributed by atoms with E-state index in [9.17, 15) is 9.59 Å². The van der Waals surface area contributed by atoms with Gasteiger partial charge in [-0.25, -0.2) is 14.8 Å². The zero-order valence-corrected chi connectivity index (χ0v) is 17.7. The summed E-state index contributed by atoms with van der Waals surface area (Å²) in [5, 5.41) is 2.84. The predicted octanol–water partition coefficient (Wildman–Crippen LogP) is 2.81. The summed E-state index contributed by atoms with van der Waals surface area (Å²) in [7, 11) is 2.07. The molecular weight excluding hydrogens is 394 g/mol. The van der Waals surface area contributed by atoms with Crippen molar-refractivity contribution in [1.82, 2.24) is 14.9 Å². The summed E-state index contributed by atoms with van der Waals surface area (Å²) in [5.41, 5.74) is 2.30. The molecule has 3 aromatic rings. The first-order valence-corrected chi connectivity index (χ1v) is 10.3. The molecule has 160 valence electrons. The van der Waals surface area contributed by atoms with Crippen molar-refractivity contribution in [2.24, 2.45) is 0 Å². The third-order valence-corrected chi connectivity index (χ3v) is 5.24. The second kappa shape index (κ2) is 9.09. The fraction of sp³-hybridized carbons (Fsp3) is 0.304. The second-order valence-electron chi connectivity index (χ2n) is 7.40. The Morgan fingerprint density at radius 1 is 0.968 bits per heavy atom. The molecule has 1 aliphatic rings. The van der Waals surface area contributed by atoms with Crippen LogP contribution >= 0.6 is 0 Å². The molecular formula is C23H25N5O3. The van der Waals surface area contributed by atoms with Gasteiger partial charge in [0.05, 0.1) is 28.9 Å². The summed E-state index contributed by atoms with van der Waals surface area (Å²) < 4.78 is 5.11. The van der Waals surface area contributed by atoms with Gasteiger partial charge < -0.3 is 19.9 Å². The number of hydrogen-bond donors (Lipinski definition) is 1. The molecule has 4 rings (SSSR count). The Morgan fingerprint density at radius 2 is 1.61 bits per heavy atom. The van der Waals surface area contributed by atoms with Crippen LogP contribution in [-0.4, -0.2) is 66.6 Å². The van der Waals surface area contributed by atoms with Gasteiger partial charge in [0.2, 0.25) is 0 Å². The Kier molecular flexibility index (Phi) is 6.08. The predicted molar refractivity (Wildman–Crippen MR) is 120 cm³/mol. The zero-order chi connectivity index (χ0) is 21.8. The molecule has 0 unspecified atom stereocenters. The number of benzene rings is 2. The van der Waals surface area contributed by atoms with Gasteiger partial charge in [-0.3, -0.25) is 4.79 Å². The Bertz CT molecular complexity index is 1110. The summed E-state index contributed by atoms with van der Waals surface area (Å²) in [6, 6.07) is 14.3. The minimum atomic E-state index is -0.484. The molecule has 1 saturated heterocycles. The van der Waals surface area contributed by atoms with Crippen molar-refractivity contribution in [2.45, 2.75) is 6.92 Å². The number of para-hydroxylation sites is 3. The highest BCUT2D eigenvalue weighted by Crippen LogP contribution is 2.24. The second-order valence-corrected chi connectivity index (χ2v) is 7.40. The number of amides is 1. The van der Waals surface area contributed by atoms with Crippen molar-refractivity contribution in [3.05, 3.63) is 59.8 Å². The van der Waals surface area contributed by atoms with E-state index < -0.39 is 11.9 Å². The van der Waals surface area contributed by atoms with Crippen molar-refractivity contribution in [3.8, 4) is 0 Å². The molecule has 1 N–H and O–H groups in total. The smallest absolute Gasteiger partial charge is 0.340 e. The highest BCUT2D eigenvalue weighted by molar-refractivity contribution is 6.10.